The Bertz CT molecular complexity index is 507. The summed E-state index contributed by atoms with van der Waals surface area (Å²) in [6.45, 7) is 2.27. The Labute approximate surface area is 92.8 Å². The molecule has 0 bridgehead atoms. The van der Waals surface area contributed by atoms with E-state index in [1.54, 1.807) is 0 Å². The molecule has 0 saturated carbocycles. The van der Waals surface area contributed by atoms with Gasteiger partial charge in [0.05, 0.1) is 0 Å². The van der Waals surface area contributed by atoms with Crippen molar-refractivity contribution >= 4 is 27.4 Å². The number of benzene rings is 2. The molecule has 3 rings (SSSR count). The zero-order valence-electron chi connectivity index (χ0n) is 8.79. The number of hydrogen-bond acceptors (Lipinski definition) is 1. The van der Waals surface area contributed by atoms with Crippen LogP contribution in [0.5, 0.6) is 0 Å². The van der Waals surface area contributed by atoms with Crippen LogP contribution in [0.3, 0.4) is 0 Å². The van der Waals surface area contributed by atoms with Crippen LogP contribution in [0.2, 0.25) is 0 Å². The summed E-state index contributed by atoms with van der Waals surface area (Å²) >= 11 is 0. The Balaban J connectivity index is 2.28. The monoisotopic (exact) mass is 216 g/mol. The van der Waals surface area contributed by atoms with Gasteiger partial charge >= 0.3 is 0 Å². The quantitative estimate of drug-likeness (QED) is 0.722. The van der Waals surface area contributed by atoms with Gasteiger partial charge in [-0.3, -0.25) is 0 Å². The maximum atomic E-state index is 3.56. The SMILES string of the molecule is CC[S+]1CNc2c1ccc1ccccc21. The fraction of sp³-hybridized carbons (Fsp3) is 0.231. The first-order valence-corrected chi connectivity index (χ1v) is 6.89. The van der Waals surface area contributed by atoms with Crippen molar-refractivity contribution in [2.24, 2.45) is 0 Å². The number of rotatable bonds is 1. The van der Waals surface area contributed by atoms with Crippen molar-refractivity contribution in [2.75, 3.05) is 16.9 Å². The minimum Gasteiger partial charge on any atom is -0.338 e. The Morgan fingerprint density at radius 1 is 1.20 bits per heavy atom. The van der Waals surface area contributed by atoms with Gasteiger partial charge in [-0.15, -0.1) is 0 Å². The standard InChI is InChI=1S/C13H14NS/c1-2-15-9-14-13-11-6-4-3-5-10(11)7-8-12(13)15/h3-8,14H,2,9H2,1H3/q+1. The van der Waals surface area contributed by atoms with Gasteiger partial charge in [0, 0.05) is 16.3 Å². The van der Waals surface area contributed by atoms with Crippen molar-refractivity contribution in [2.45, 2.75) is 11.8 Å². The highest BCUT2D eigenvalue weighted by atomic mass is 32.2. The molecule has 1 heterocycles. The molecule has 0 aromatic heterocycles. The van der Waals surface area contributed by atoms with Crippen LogP contribution in [0.15, 0.2) is 41.3 Å². The van der Waals surface area contributed by atoms with E-state index in [1.807, 2.05) is 0 Å². The molecule has 2 aromatic carbocycles. The summed E-state index contributed by atoms with van der Waals surface area (Å²) < 4.78 is 0. The number of fused-ring (bicyclic) bond motifs is 3. The van der Waals surface area contributed by atoms with E-state index in [0.29, 0.717) is 10.9 Å². The molecule has 0 saturated heterocycles. The lowest BCUT2D eigenvalue weighted by Gasteiger charge is -2.01. The van der Waals surface area contributed by atoms with Crippen molar-refractivity contribution in [3.63, 3.8) is 0 Å². The molecule has 1 nitrogen and oxygen atoms in total. The molecule has 1 aliphatic heterocycles. The van der Waals surface area contributed by atoms with Crippen LogP contribution < -0.4 is 5.32 Å². The van der Waals surface area contributed by atoms with Crippen molar-refractivity contribution in [3.8, 4) is 0 Å². The summed E-state index contributed by atoms with van der Waals surface area (Å²) in [5.74, 6) is 2.37. The lowest BCUT2D eigenvalue weighted by molar-refractivity contribution is 1.45. The summed E-state index contributed by atoms with van der Waals surface area (Å²) in [6.07, 6.45) is 0. The molecule has 2 heteroatoms. The third kappa shape index (κ3) is 1.32. The normalized spacial score (nSPS) is 18.9. The smallest absolute Gasteiger partial charge is 0.184 e. The molecule has 1 N–H and O–H groups in total. The largest absolute Gasteiger partial charge is 0.338 e. The van der Waals surface area contributed by atoms with E-state index in [-0.39, 0.29) is 0 Å². The highest BCUT2D eigenvalue weighted by Gasteiger charge is 2.30. The first kappa shape index (κ1) is 9.10. The van der Waals surface area contributed by atoms with Crippen molar-refractivity contribution < 1.29 is 0 Å². The second-order valence-corrected chi connectivity index (χ2v) is 6.05. The maximum Gasteiger partial charge on any atom is 0.184 e. The van der Waals surface area contributed by atoms with E-state index in [1.165, 1.54) is 27.1 Å². The topological polar surface area (TPSA) is 12.0 Å². The summed E-state index contributed by atoms with van der Waals surface area (Å²) in [6, 6.07) is 13.2. The fourth-order valence-electron chi connectivity index (χ4n) is 2.17. The van der Waals surface area contributed by atoms with E-state index >= 15 is 0 Å². The van der Waals surface area contributed by atoms with Crippen molar-refractivity contribution in [1.29, 1.82) is 0 Å². The van der Waals surface area contributed by atoms with E-state index in [4.69, 9.17) is 0 Å². The van der Waals surface area contributed by atoms with Crippen LogP contribution in [0.1, 0.15) is 6.92 Å². The average Bonchev–Trinajstić information content (AvgIpc) is 2.72. The predicted molar refractivity (Wildman–Crippen MR) is 68.6 cm³/mol. The Kier molecular flexibility index (Phi) is 2.10. The molecule has 1 atom stereocenters. The number of hydrogen-bond donors (Lipinski definition) is 1. The Morgan fingerprint density at radius 3 is 2.93 bits per heavy atom. The van der Waals surface area contributed by atoms with Gasteiger partial charge in [0.15, 0.2) is 10.8 Å². The zero-order valence-corrected chi connectivity index (χ0v) is 9.60. The average molecular weight is 216 g/mol. The fourth-order valence-corrected chi connectivity index (χ4v) is 3.89. The molecule has 0 spiro atoms. The highest BCUT2D eigenvalue weighted by Crippen LogP contribution is 2.36. The molecule has 0 radical (unpaired) electrons. The lowest BCUT2D eigenvalue weighted by atomic mass is 10.1. The summed E-state index contributed by atoms with van der Waals surface area (Å²) in [4.78, 5) is 1.52. The number of nitrogens with one attached hydrogen (secondary N) is 1. The third-order valence-corrected chi connectivity index (χ3v) is 5.13. The lowest BCUT2D eigenvalue weighted by Crippen LogP contribution is -2.07. The first-order valence-electron chi connectivity index (χ1n) is 5.33. The van der Waals surface area contributed by atoms with Gasteiger partial charge in [-0.2, -0.15) is 0 Å². The van der Waals surface area contributed by atoms with Crippen LogP contribution in [-0.4, -0.2) is 11.6 Å². The van der Waals surface area contributed by atoms with Crippen LogP contribution in [-0.2, 0) is 10.9 Å². The van der Waals surface area contributed by atoms with Gasteiger partial charge in [-0.25, -0.2) is 0 Å². The molecule has 0 fully saturated rings. The van der Waals surface area contributed by atoms with Crippen LogP contribution >= 0.6 is 0 Å². The van der Waals surface area contributed by atoms with Gasteiger partial charge in [-0.05, 0) is 24.4 Å². The zero-order chi connectivity index (χ0) is 10.3. The van der Waals surface area contributed by atoms with E-state index in [2.05, 4.69) is 48.6 Å². The van der Waals surface area contributed by atoms with Gasteiger partial charge in [-0.1, -0.05) is 24.3 Å². The van der Waals surface area contributed by atoms with Crippen LogP contribution in [0, 0.1) is 0 Å². The molecule has 1 aliphatic rings. The van der Waals surface area contributed by atoms with Crippen molar-refractivity contribution in [3.05, 3.63) is 36.4 Å². The predicted octanol–water partition coefficient (Wildman–Crippen LogP) is 3.22. The molecule has 0 amide bonds. The van der Waals surface area contributed by atoms with Gasteiger partial charge in [0.1, 0.15) is 11.4 Å². The molecular weight excluding hydrogens is 202 g/mol. The summed E-state index contributed by atoms with van der Waals surface area (Å²) in [5, 5.41) is 6.27. The molecular formula is C13H14NS+. The molecule has 1 unspecified atom stereocenters. The second-order valence-electron chi connectivity index (χ2n) is 3.76. The Hall–Kier alpha value is -1.15. The molecule has 2 aromatic rings. The highest BCUT2D eigenvalue weighted by molar-refractivity contribution is 7.97. The van der Waals surface area contributed by atoms with Crippen molar-refractivity contribution in [1.82, 2.24) is 0 Å². The molecule has 76 valence electrons. The van der Waals surface area contributed by atoms with Crippen LogP contribution in [0.4, 0.5) is 5.69 Å². The minimum atomic E-state index is 0.424. The van der Waals surface area contributed by atoms with E-state index in [9.17, 15) is 0 Å². The Morgan fingerprint density at radius 2 is 2.07 bits per heavy atom. The maximum absolute atomic E-state index is 3.56. The number of anilines is 1. The molecule has 15 heavy (non-hydrogen) atoms. The van der Waals surface area contributed by atoms with Gasteiger partial charge in [0.25, 0.3) is 0 Å². The third-order valence-electron chi connectivity index (χ3n) is 2.97. The molecule has 0 aliphatic carbocycles. The van der Waals surface area contributed by atoms with Gasteiger partial charge < -0.3 is 5.32 Å². The summed E-state index contributed by atoms with van der Waals surface area (Å²) in [5.41, 5.74) is 1.37. The van der Waals surface area contributed by atoms with Crippen LogP contribution in [0.25, 0.3) is 10.8 Å². The van der Waals surface area contributed by atoms with E-state index in [0.717, 1.165) is 5.88 Å². The van der Waals surface area contributed by atoms with Gasteiger partial charge in [0.2, 0.25) is 0 Å². The minimum absolute atomic E-state index is 0.424. The first-order chi connectivity index (χ1) is 7.40. The summed E-state index contributed by atoms with van der Waals surface area (Å²) in [7, 11) is 0.424. The second kappa shape index (κ2) is 3.46. The van der Waals surface area contributed by atoms with E-state index < -0.39 is 0 Å².